The van der Waals surface area contributed by atoms with Crippen LogP contribution in [-0.4, -0.2) is 42.4 Å². The lowest BCUT2D eigenvalue weighted by Gasteiger charge is -2.32. The number of benzene rings is 2. The van der Waals surface area contributed by atoms with E-state index in [0.29, 0.717) is 5.47 Å². The maximum absolute atomic E-state index is 12.3. The van der Waals surface area contributed by atoms with Crippen molar-refractivity contribution in [2.45, 2.75) is 45.5 Å². The molecule has 0 bridgehead atoms. The second-order valence-electron chi connectivity index (χ2n) is 8.60. The Labute approximate surface area is 189 Å². The van der Waals surface area contributed by atoms with Gasteiger partial charge in [0.2, 0.25) is 0 Å². The van der Waals surface area contributed by atoms with Crippen molar-refractivity contribution in [1.82, 2.24) is 5.32 Å². The fraction of sp³-hybridized carbons (Fsp3) is 0.333. The summed E-state index contributed by atoms with van der Waals surface area (Å²) in [7, 11) is -0.659. The highest BCUT2D eigenvalue weighted by atomic mass is 16.7. The Bertz CT molecular complexity index is 973. The maximum Gasteiger partial charge on any atom is 0.492 e. The van der Waals surface area contributed by atoms with Crippen LogP contribution in [0.1, 0.15) is 44.4 Å². The monoisotopic (exact) mass is 436 g/mol. The van der Waals surface area contributed by atoms with Gasteiger partial charge in [-0.05, 0) is 44.3 Å². The van der Waals surface area contributed by atoms with Crippen LogP contribution in [0.25, 0.3) is 6.08 Å². The van der Waals surface area contributed by atoms with Gasteiger partial charge in [0.05, 0.1) is 17.4 Å². The molecule has 0 spiro atoms. The average Bonchev–Trinajstić information content (AvgIpc) is 2.98. The van der Waals surface area contributed by atoms with Crippen molar-refractivity contribution in [3.05, 3.63) is 76.8 Å². The molecule has 1 amide bonds. The highest BCUT2D eigenvalue weighted by Gasteiger charge is 2.52. The van der Waals surface area contributed by atoms with Gasteiger partial charge >= 0.3 is 13.2 Å². The molecule has 2 aromatic rings. The van der Waals surface area contributed by atoms with Gasteiger partial charge in [-0.3, -0.25) is 0 Å². The molecule has 0 radical (unpaired) electrons. The number of hydrogen-bond acceptors (Lipinski definition) is 6. The molecule has 1 heterocycles. The zero-order valence-corrected chi connectivity index (χ0v) is 18.9. The number of nitrogens with one attached hydrogen (secondary N) is 1. The zero-order chi connectivity index (χ0) is 23.2. The van der Waals surface area contributed by atoms with Gasteiger partial charge in [-0.1, -0.05) is 65.8 Å². The topological polar surface area (TPSA) is 89.4 Å². The number of oxime groups is 1. The van der Waals surface area contributed by atoms with E-state index in [1.54, 1.807) is 0 Å². The average molecular weight is 436 g/mol. The Morgan fingerprint density at radius 3 is 2.25 bits per heavy atom. The first-order valence-electron chi connectivity index (χ1n) is 10.5. The lowest BCUT2D eigenvalue weighted by molar-refractivity contribution is 0.00578. The van der Waals surface area contributed by atoms with Gasteiger partial charge < -0.3 is 24.6 Å². The first-order chi connectivity index (χ1) is 15.2. The van der Waals surface area contributed by atoms with Crippen LogP contribution in [-0.2, 0) is 20.7 Å². The number of nitrogens with zero attached hydrogens (tertiary/aromatic N) is 1. The Morgan fingerprint density at radius 1 is 1.03 bits per heavy atom. The lowest BCUT2D eigenvalue weighted by Crippen LogP contribution is -2.41. The Kier molecular flexibility index (Phi) is 7.38. The molecule has 2 aromatic carbocycles. The van der Waals surface area contributed by atoms with Gasteiger partial charge in [-0.15, -0.1) is 0 Å². The summed E-state index contributed by atoms with van der Waals surface area (Å²) in [6, 6.07) is 16.9. The Balaban J connectivity index is 1.78. The molecule has 0 atom stereocenters. The molecule has 3 rings (SSSR count). The van der Waals surface area contributed by atoms with E-state index in [2.05, 4.69) is 10.5 Å². The third kappa shape index (κ3) is 5.78. The molecule has 1 fully saturated rings. The highest BCUT2D eigenvalue weighted by molar-refractivity contribution is 6.56. The van der Waals surface area contributed by atoms with Crippen LogP contribution in [0.4, 0.5) is 4.79 Å². The number of amides is 1. The van der Waals surface area contributed by atoms with Gasteiger partial charge in [0.15, 0.2) is 0 Å². The second kappa shape index (κ2) is 10.0. The molecule has 1 aliphatic heterocycles. The molecule has 1 aliphatic rings. The molecule has 0 aliphatic carbocycles. The van der Waals surface area contributed by atoms with Crippen LogP contribution in [0.2, 0.25) is 0 Å². The van der Waals surface area contributed by atoms with Crippen LogP contribution in [0.5, 0.6) is 0 Å². The number of carbonyl (C=O) groups is 1. The standard InChI is InChI=1S/C24H29BN2O5/c1-23(2)24(3,4)32-25(31-23)21(14-19-12-8-9-13-20(19)15-27-29)16-26-22(28)30-17-18-10-6-5-7-11-18/h5-15,29H,16-17H2,1-4H3,(H,26,28). The van der Waals surface area contributed by atoms with Gasteiger partial charge in [-0.25, -0.2) is 4.79 Å². The van der Waals surface area contributed by atoms with Crippen molar-refractivity contribution >= 4 is 25.5 Å². The lowest BCUT2D eigenvalue weighted by atomic mass is 9.76. The predicted molar refractivity (Wildman–Crippen MR) is 125 cm³/mol. The molecule has 1 saturated heterocycles. The summed E-state index contributed by atoms with van der Waals surface area (Å²) >= 11 is 0. The molecule has 0 unspecified atom stereocenters. The molecular formula is C24H29BN2O5. The maximum atomic E-state index is 12.3. The number of hydrogen-bond donors (Lipinski definition) is 2. The zero-order valence-electron chi connectivity index (χ0n) is 18.9. The SMILES string of the molecule is CC1(C)OB(C(=Cc2ccccc2C=NO)CNC(=O)OCc2ccccc2)OC1(C)C. The van der Waals surface area contributed by atoms with E-state index in [4.69, 9.17) is 19.3 Å². The number of ether oxygens (including phenoxy) is 1. The van der Waals surface area contributed by atoms with Crippen molar-refractivity contribution in [3.8, 4) is 0 Å². The van der Waals surface area contributed by atoms with Crippen molar-refractivity contribution in [1.29, 1.82) is 0 Å². The summed E-state index contributed by atoms with van der Waals surface area (Å²) in [5.41, 5.74) is 2.07. The third-order valence-electron chi connectivity index (χ3n) is 5.74. The van der Waals surface area contributed by atoms with Crippen LogP contribution in [0.15, 0.2) is 65.2 Å². The van der Waals surface area contributed by atoms with Crippen LogP contribution in [0.3, 0.4) is 0 Å². The van der Waals surface area contributed by atoms with Gasteiger partial charge in [0.25, 0.3) is 0 Å². The molecule has 32 heavy (non-hydrogen) atoms. The third-order valence-corrected chi connectivity index (χ3v) is 5.74. The summed E-state index contributed by atoms with van der Waals surface area (Å²) in [6.45, 7) is 8.22. The van der Waals surface area contributed by atoms with Gasteiger partial charge in [0.1, 0.15) is 6.61 Å². The van der Waals surface area contributed by atoms with E-state index >= 15 is 0 Å². The van der Waals surface area contributed by atoms with Crippen molar-refractivity contribution in [2.75, 3.05) is 6.54 Å². The molecule has 168 valence electrons. The first-order valence-corrected chi connectivity index (χ1v) is 10.5. The summed E-state index contributed by atoms with van der Waals surface area (Å²) in [6.07, 6.45) is 2.69. The van der Waals surface area contributed by atoms with Gasteiger partial charge in [0, 0.05) is 12.1 Å². The Hall–Kier alpha value is -3.10. The quantitative estimate of drug-likeness (QED) is 0.290. The summed E-state index contributed by atoms with van der Waals surface area (Å²) in [5.74, 6) is 0. The van der Waals surface area contributed by atoms with E-state index in [0.717, 1.165) is 16.7 Å². The fourth-order valence-electron chi connectivity index (χ4n) is 3.17. The fourth-order valence-corrected chi connectivity index (χ4v) is 3.17. The summed E-state index contributed by atoms with van der Waals surface area (Å²) in [4.78, 5) is 12.3. The van der Waals surface area contributed by atoms with E-state index in [-0.39, 0.29) is 13.2 Å². The Morgan fingerprint density at radius 2 is 1.62 bits per heavy atom. The van der Waals surface area contributed by atoms with Crippen molar-refractivity contribution in [2.24, 2.45) is 5.16 Å². The first kappa shape index (κ1) is 23.6. The van der Waals surface area contributed by atoms with E-state index in [9.17, 15) is 4.79 Å². The molecule has 0 aromatic heterocycles. The number of alkyl carbamates (subject to hydrolysis) is 1. The minimum Gasteiger partial charge on any atom is -0.445 e. The minimum absolute atomic E-state index is 0.162. The normalized spacial score (nSPS) is 17.5. The number of carbonyl (C=O) groups excluding carboxylic acids is 1. The minimum atomic E-state index is -0.659. The molecule has 2 N–H and O–H groups in total. The largest absolute Gasteiger partial charge is 0.492 e. The molecular weight excluding hydrogens is 407 g/mol. The smallest absolute Gasteiger partial charge is 0.445 e. The van der Waals surface area contributed by atoms with Crippen LogP contribution < -0.4 is 5.32 Å². The highest BCUT2D eigenvalue weighted by Crippen LogP contribution is 2.38. The van der Waals surface area contributed by atoms with Crippen molar-refractivity contribution in [3.63, 3.8) is 0 Å². The molecule has 0 saturated carbocycles. The predicted octanol–water partition coefficient (Wildman–Crippen LogP) is 4.44. The van der Waals surface area contributed by atoms with E-state index < -0.39 is 24.4 Å². The molecule has 7 nitrogen and oxygen atoms in total. The summed E-state index contributed by atoms with van der Waals surface area (Å²) < 4.78 is 17.7. The van der Waals surface area contributed by atoms with Gasteiger partial charge in [-0.2, -0.15) is 0 Å². The second-order valence-corrected chi connectivity index (χ2v) is 8.60. The number of rotatable bonds is 7. The molecule has 8 heteroatoms. The summed E-state index contributed by atoms with van der Waals surface area (Å²) in [5, 5.41) is 14.9. The van der Waals surface area contributed by atoms with Crippen LogP contribution in [0, 0.1) is 0 Å². The van der Waals surface area contributed by atoms with Crippen molar-refractivity contribution < 1.29 is 24.0 Å². The van der Waals surface area contributed by atoms with E-state index in [1.807, 2.05) is 88.4 Å². The van der Waals surface area contributed by atoms with E-state index in [1.165, 1.54) is 6.21 Å². The van der Waals surface area contributed by atoms with Crippen LogP contribution >= 0.6 is 0 Å².